The highest BCUT2D eigenvalue weighted by atomic mass is 16.5. The zero-order valence-corrected chi connectivity index (χ0v) is 15.8. The van der Waals surface area contributed by atoms with Crippen molar-refractivity contribution < 1.29 is 9.53 Å². The third kappa shape index (κ3) is 4.23. The van der Waals surface area contributed by atoms with Crippen molar-refractivity contribution in [2.45, 2.75) is 20.8 Å². The number of aromatic nitrogens is 2. The first-order chi connectivity index (χ1) is 13.0. The molecule has 138 valence electrons. The molecule has 0 aliphatic heterocycles. The number of nitrogens with one attached hydrogen (secondary N) is 2. The summed E-state index contributed by atoms with van der Waals surface area (Å²) in [5, 5.41) is 6.05. The van der Waals surface area contributed by atoms with Crippen molar-refractivity contribution in [1.29, 1.82) is 0 Å². The number of nitrogens with zero attached hydrogens (tertiary/aromatic N) is 2. The van der Waals surface area contributed by atoms with Crippen LogP contribution in [0.5, 0.6) is 5.75 Å². The van der Waals surface area contributed by atoms with E-state index in [-0.39, 0.29) is 11.6 Å². The molecule has 0 fully saturated rings. The molecule has 0 spiro atoms. The van der Waals surface area contributed by atoms with Crippen LogP contribution in [-0.4, -0.2) is 23.0 Å². The van der Waals surface area contributed by atoms with E-state index in [0.717, 1.165) is 22.4 Å². The molecule has 0 unspecified atom stereocenters. The van der Waals surface area contributed by atoms with Gasteiger partial charge >= 0.3 is 0 Å². The van der Waals surface area contributed by atoms with E-state index in [1.54, 1.807) is 19.4 Å². The molecule has 6 heteroatoms. The maximum atomic E-state index is 12.6. The highest BCUT2D eigenvalue weighted by Gasteiger charge is 2.13. The summed E-state index contributed by atoms with van der Waals surface area (Å²) in [5.74, 6) is 0.638. The Hall–Kier alpha value is -3.41. The lowest BCUT2D eigenvalue weighted by atomic mass is 10.1. The van der Waals surface area contributed by atoms with Crippen molar-refractivity contribution in [2.75, 3.05) is 17.7 Å². The normalized spacial score (nSPS) is 10.4. The standard InChI is InChI=1S/C21H22N4O2/c1-13-8-9-18(27-4)17(12-13)23-20(26)16-10-11-22-21(24-16)25-19-14(2)6-5-7-15(19)3/h5-12H,1-4H3,(H,23,26)(H,22,24,25). The Kier molecular flexibility index (Phi) is 5.35. The number of para-hydroxylation sites is 1. The lowest BCUT2D eigenvalue weighted by Crippen LogP contribution is -2.15. The van der Waals surface area contributed by atoms with Gasteiger partial charge in [-0.1, -0.05) is 24.3 Å². The van der Waals surface area contributed by atoms with E-state index in [0.29, 0.717) is 17.4 Å². The van der Waals surface area contributed by atoms with E-state index in [1.165, 1.54) is 0 Å². The molecular weight excluding hydrogens is 340 g/mol. The SMILES string of the molecule is COc1ccc(C)cc1NC(=O)c1ccnc(Nc2c(C)cccc2C)n1. The third-order valence-corrected chi connectivity index (χ3v) is 4.21. The Bertz CT molecular complexity index is 965. The zero-order valence-electron chi connectivity index (χ0n) is 15.8. The van der Waals surface area contributed by atoms with Crippen LogP contribution in [0.2, 0.25) is 0 Å². The van der Waals surface area contributed by atoms with Crippen LogP contribution in [0, 0.1) is 20.8 Å². The van der Waals surface area contributed by atoms with Crippen LogP contribution in [0.25, 0.3) is 0 Å². The summed E-state index contributed by atoms with van der Waals surface area (Å²) in [7, 11) is 1.57. The van der Waals surface area contributed by atoms with E-state index in [4.69, 9.17) is 4.74 Å². The second-order valence-corrected chi connectivity index (χ2v) is 6.32. The van der Waals surface area contributed by atoms with Crippen molar-refractivity contribution in [2.24, 2.45) is 0 Å². The average molecular weight is 362 g/mol. The molecule has 0 bridgehead atoms. The predicted molar refractivity (Wildman–Crippen MR) is 107 cm³/mol. The summed E-state index contributed by atoms with van der Waals surface area (Å²) >= 11 is 0. The van der Waals surface area contributed by atoms with Gasteiger partial charge in [0.05, 0.1) is 12.8 Å². The molecule has 0 saturated heterocycles. The number of rotatable bonds is 5. The number of methoxy groups -OCH3 is 1. The van der Waals surface area contributed by atoms with E-state index in [1.807, 2.05) is 57.2 Å². The van der Waals surface area contributed by atoms with Crippen LogP contribution in [0.1, 0.15) is 27.2 Å². The molecule has 3 rings (SSSR count). The topological polar surface area (TPSA) is 76.1 Å². The molecule has 0 saturated carbocycles. The van der Waals surface area contributed by atoms with Crippen LogP contribution >= 0.6 is 0 Å². The van der Waals surface area contributed by atoms with E-state index >= 15 is 0 Å². The van der Waals surface area contributed by atoms with Crippen LogP contribution in [0.3, 0.4) is 0 Å². The Morgan fingerprint density at radius 3 is 2.48 bits per heavy atom. The molecule has 0 atom stereocenters. The summed E-state index contributed by atoms with van der Waals surface area (Å²) in [6, 6.07) is 13.2. The lowest BCUT2D eigenvalue weighted by Gasteiger charge is -2.13. The first kappa shape index (κ1) is 18.4. The molecular formula is C21H22N4O2. The molecule has 0 aliphatic rings. The minimum Gasteiger partial charge on any atom is -0.495 e. The quantitative estimate of drug-likeness (QED) is 0.703. The molecule has 2 aromatic carbocycles. The Morgan fingerprint density at radius 2 is 1.78 bits per heavy atom. The number of hydrogen-bond acceptors (Lipinski definition) is 5. The molecule has 6 nitrogen and oxygen atoms in total. The molecule has 1 heterocycles. The van der Waals surface area contributed by atoms with Gasteiger partial charge in [0.15, 0.2) is 0 Å². The molecule has 1 aromatic heterocycles. The number of anilines is 3. The van der Waals surface area contributed by atoms with Gasteiger partial charge in [0.25, 0.3) is 5.91 Å². The Morgan fingerprint density at radius 1 is 1.04 bits per heavy atom. The number of carbonyl (C=O) groups is 1. The fourth-order valence-corrected chi connectivity index (χ4v) is 2.77. The average Bonchev–Trinajstić information content (AvgIpc) is 2.65. The van der Waals surface area contributed by atoms with Gasteiger partial charge in [-0.3, -0.25) is 4.79 Å². The predicted octanol–water partition coefficient (Wildman–Crippen LogP) is 4.41. The maximum absolute atomic E-state index is 12.6. The Balaban J connectivity index is 1.83. The van der Waals surface area contributed by atoms with E-state index < -0.39 is 0 Å². The van der Waals surface area contributed by atoms with Gasteiger partial charge in [0.1, 0.15) is 11.4 Å². The summed E-state index contributed by atoms with van der Waals surface area (Å²) in [6.45, 7) is 5.97. The minimum atomic E-state index is -0.328. The lowest BCUT2D eigenvalue weighted by molar-refractivity contribution is 0.102. The van der Waals surface area contributed by atoms with Gasteiger partial charge < -0.3 is 15.4 Å². The first-order valence-electron chi connectivity index (χ1n) is 8.60. The molecule has 27 heavy (non-hydrogen) atoms. The van der Waals surface area contributed by atoms with E-state index in [2.05, 4.69) is 20.6 Å². The fourth-order valence-electron chi connectivity index (χ4n) is 2.77. The molecule has 3 aromatic rings. The van der Waals surface area contributed by atoms with Crippen molar-refractivity contribution in [3.8, 4) is 5.75 Å². The Labute approximate surface area is 158 Å². The number of amides is 1. The van der Waals surface area contributed by atoms with Crippen LogP contribution in [0.4, 0.5) is 17.3 Å². The maximum Gasteiger partial charge on any atom is 0.274 e. The number of ether oxygens (including phenoxy) is 1. The minimum absolute atomic E-state index is 0.266. The highest BCUT2D eigenvalue weighted by Crippen LogP contribution is 2.26. The van der Waals surface area contributed by atoms with Gasteiger partial charge in [0.2, 0.25) is 5.95 Å². The second-order valence-electron chi connectivity index (χ2n) is 6.32. The number of benzene rings is 2. The summed E-state index contributed by atoms with van der Waals surface area (Å²) < 4.78 is 5.31. The smallest absolute Gasteiger partial charge is 0.274 e. The van der Waals surface area contributed by atoms with Gasteiger partial charge in [-0.05, 0) is 55.7 Å². The van der Waals surface area contributed by atoms with Crippen molar-refractivity contribution in [1.82, 2.24) is 9.97 Å². The monoisotopic (exact) mass is 362 g/mol. The van der Waals surface area contributed by atoms with Crippen molar-refractivity contribution >= 4 is 23.2 Å². The molecule has 0 radical (unpaired) electrons. The molecule has 0 aliphatic carbocycles. The van der Waals surface area contributed by atoms with Crippen LogP contribution in [0.15, 0.2) is 48.7 Å². The number of hydrogen-bond donors (Lipinski definition) is 2. The third-order valence-electron chi connectivity index (χ3n) is 4.21. The number of carbonyl (C=O) groups excluding carboxylic acids is 1. The molecule has 1 amide bonds. The van der Waals surface area contributed by atoms with Crippen molar-refractivity contribution in [3.63, 3.8) is 0 Å². The summed E-state index contributed by atoms with van der Waals surface area (Å²) in [6.07, 6.45) is 1.56. The fraction of sp³-hybridized carbons (Fsp3) is 0.190. The van der Waals surface area contributed by atoms with Crippen molar-refractivity contribution in [3.05, 3.63) is 71.0 Å². The highest BCUT2D eigenvalue weighted by molar-refractivity contribution is 6.03. The van der Waals surface area contributed by atoms with Crippen LogP contribution in [-0.2, 0) is 0 Å². The van der Waals surface area contributed by atoms with Gasteiger partial charge in [0, 0.05) is 11.9 Å². The summed E-state index contributed by atoms with van der Waals surface area (Å²) in [4.78, 5) is 21.2. The number of aryl methyl sites for hydroxylation is 3. The van der Waals surface area contributed by atoms with Crippen LogP contribution < -0.4 is 15.4 Å². The largest absolute Gasteiger partial charge is 0.495 e. The van der Waals surface area contributed by atoms with Gasteiger partial charge in [-0.2, -0.15) is 0 Å². The summed E-state index contributed by atoms with van der Waals surface area (Å²) in [5.41, 5.74) is 4.99. The van der Waals surface area contributed by atoms with E-state index in [9.17, 15) is 4.79 Å². The molecule has 2 N–H and O–H groups in total. The first-order valence-corrected chi connectivity index (χ1v) is 8.60. The van der Waals surface area contributed by atoms with Gasteiger partial charge in [-0.15, -0.1) is 0 Å². The zero-order chi connectivity index (χ0) is 19.4. The second kappa shape index (κ2) is 7.86. The van der Waals surface area contributed by atoms with Gasteiger partial charge in [-0.25, -0.2) is 9.97 Å².